The fourth-order valence-corrected chi connectivity index (χ4v) is 4.04. The maximum atomic E-state index is 13.1. The average Bonchev–Trinajstić information content (AvgIpc) is 3.01. The summed E-state index contributed by atoms with van der Waals surface area (Å²) in [5, 5.41) is 11.5. The van der Waals surface area contributed by atoms with E-state index in [-0.39, 0.29) is 17.7 Å². The van der Waals surface area contributed by atoms with Crippen molar-refractivity contribution < 1.29 is 9.90 Å². The minimum absolute atomic E-state index is 0.183. The second-order valence-electron chi connectivity index (χ2n) is 7.69. The van der Waals surface area contributed by atoms with Gasteiger partial charge in [0, 0.05) is 17.1 Å². The minimum Gasteiger partial charge on any atom is -0.503 e. The summed E-state index contributed by atoms with van der Waals surface area (Å²) in [4.78, 5) is 14.9. The number of halogens is 1. The van der Waals surface area contributed by atoms with Gasteiger partial charge in [-0.25, -0.2) is 0 Å². The molecule has 0 aliphatic carbocycles. The fraction of sp³-hybridized carbons (Fsp3) is 0.192. The van der Waals surface area contributed by atoms with Crippen LogP contribution in [0.4, 0.5) is 0 Å². The van der Waals surface area contributed by atoms with E-state index in [2.05, 4.69) is 31.2 Å². The fourth-order valence-electron chi connectivity index (χ4n) is 3.91. The van der Waals surface area contributed by atoms with Crippen LogP contribution in [0.5, 0.6) is 0 Å². The van der Waals surface area contributed by atoms with Crippen LogP contribution in [0, 0.1) is 6.92 Å². The molecule has 1 aliphatic heterocycles. The van der Waals surface area contributed by atoms with Crippen molar-refractivity contribution in [1.29, 1.82) is 0 Å². The van der Waals surface area contributed by atoms with E-state index in [1.165, 1.54) is 5.56 Å². The van der Waals surface area contributed by atoms with Crippen molar-refractivity contribution in [3.63, 3.8) is 0 Å². The molecule has 0 saturated carbocycles. The molecule has 0 radical (unpaired) electrons. The lowest BCUT2D eigenvalue weighted by Gasteiger charge is -2.28. The highest BCUT2D eigenvalue weighted by atomic mass is 35.5. The molecule has 0 spiro atoms. The van der Waals surface area contributed by atoms with Crippen molar-refractivity contribution in [2.24, 2.45) is 0 Å². The number of aliphatic hydroxyl groups excluding tert-OH is 1. The summed E-state index contributed by atoms with van der Waals surface area (Å²) in [7, 11) is 0. The Hall–Kier alpha value is -3.04. The first-order valence-corrected chi connectivity index (χ1v) is 10.5. The molecule has 0 saturated heterocycles. The summed E-state index contributed by atoms with van der Waals surface area (Å²) < 4.78 is 0. The number of hydrogen-bond donors (Lipinski definition) is 1. The summed E-state index contributed by atoms with van der Waals surface area (Å²) in [6, 6.07) is 23.3. The standard InChI is InChI=1S/C26H24ClNO2/c1-3-18-6-12-21(13-7-18)24-23(20-10-4-17(2)5-11-20)25(29)26(30)28(24)16-19-8-14-22(27)15-9-19/h4-15,24,29H,3,16H2,1-2H3/t24-/m0/s1. The number of carbonyl (C=O) groups is 1. The van der Waals surface area contributed by atoms with Crippen LogP contribution in [0.3, 0.4) is 0 Å². The summed E-state index contributed by atoms with van der Waals surface area (Å²) >= 11 is 6.02. The Morgan fingerprint density at radius 2 is 1.50 bits per heavy atom. The zero-order valence-electron chi connectivity index (χ0n) is 17.1. The molecule has 3 aromatic carbocycles. The van der Waals surface area contributed by atoms with Gasteiger partial charge >= 0.3 is 0 Å². The van der Waals surface area contributed by atoms with Crippen LogP contribution in [-0.2, 0) is 17.8 Å². The number of aliphatic hydroxyl groups is 1. The maximum Gasteiger partial charge on any atom is 0.290 e. The lowest BCUT2D eigenvalue weighted by molar-refractivity contribution is -0.130. The van der Waals surface area contributed by atoms with E-state index in [9.17, 15) is 9.90 Å². The molecule has 1 amide bonds. The molecule has 1 heterocycles. The van der Waals surface area contributed by atoms with Crippen molar-refractivity contribution in [1.82, 2.24) is 4.90 Å². The van der Waals surface area contributed by atoms with Gasteiger partial charge in [-0.05, 0) is 47.7 Å². The van der Waals surface area contributed by atoms with Crippen LogP contribution >= 0.6 is 11.6 Å². The number of rotatable bonds is 5. The molecule has 4 rings (SSSR count). The topological polar surface area (TPSA) is 40.5 Å². The summed E-state index contributed by atoms with van der Waals surface area (Å²) in [5.41, 5.74) is 5.81. The Morgan fingerprint density at radius 3 is 2.10 bits per heavy atom. The maximum absolute atomic E-state index is 13.1. The molecule has 152 valence electrons. The van der Waals surface area contributed by atoms with Crippen LogP contribution in [0.1, 0.15) is 40.8 Å². The van der Waals surface area contributed by atoms with E-state index in [0.717, 1.165) is 28.7 Å². The van der Waals surface area contributed by atoms with Crippen molar-refractivity contribution in [2.45, 2.75) is 32.9 Å². The first-order valence-electron chi connectivity index (χ1n) is 10.1. The SMILES string of the molecule is CCc1ccc([C@H]2C(c3ccc(C)cc3)=C(O)C(=O)N2Cc2ccc(Cl)cc2)cc1. The van der Waals surface area contributed by atoms with Crippen LogP contribution in [0.2, 0.25) is 5.02 Å². The van der Waals surface area contributed by atoms with Crippen LogP contribution in [0.15, 0.2) is 78.6 Å². The molecule has 30 heavy (non-hydrogen) atoms. The van der Waals surface area contributed by atoms with Gasteiger partial charge in [0.05, 0.1) is 6.04 Å². The third-order valence-electron chi connectivity index (χ3n) is 5.64. The van der Waals surface area contributed by atoms with Crippen molar-refractivity contribution in [3.05, 3.63) is 111 Å². The van der Waals surface area contributed by atoms with E-state index < -0.39 is 0 Å². The predicted octanol–water partition coefficient (Wildman–Crippen LogP) is 6.26. The van der Waals surface area contributed by atoms with E-state index in [1.54, 1.807) is 4.90 Å². The van der Waals surface area contributed by atoms with Gasteiger partial charge in [0.2, 0.25) is 0 Å². The monoisotopic (exact) mass is 417 g/mol. The molecule has 0 unspecified atom stereocenters. The zero-order valence-corrected chi connectivity index (χ0v) is 17.9. The molecular formula is C26H24ClNO2. The molecule has 0 bridgehead atoms. The number of benzene rings is 3. The van der Waals surface area contributed by atoms with Crippen LogP contribution in [-0.4, -0.2) is 15.9 Å². The number of carbonyl (C=O) groups excluding carboxylic acids is 1. The molecule has 1 N–H and O–H groups in total. The van der Waals surface area contributed by atoms with Gasteiger partial charge in [-0.15, -0.1) is 0 Å². The Morgan fingerprint density at radius 1 is 0.900 bits per heavy atom. The van der Waals surface area contributed by atoms with Crippen molar-refractivity contribution >= 4 is 23.1 Å². The summed E-state index contributed by atoms with van der Waals surface area (Å²) in [5.74, 6) is -0.539. The third kappa shape index (κ3) is 3.86. The molecule has 3 aromatic rings. The highest BCUT2D eigenvalue weighted by Gasteiger charge is 2.40. The van der Waals surface area contributed by atoms with Gasteiger partial charge < -0.3 is 10.0 Å². The third-order valence-corrected chi connectivity index (χ3v) is 5.89. The molecule has 4 heteroatoms. The first kappa shape index (κ1) is 20.2. The van der Waals surface area contributed by atoms with E-state index in [0.29, 0.717) is 17.1 Å². The van der Waals surface area contributed by atoms with E-state index >= 15 is 0 Å². The second kappa shape index (κ2) is 8.37. The number of aryl methyl sites for hydroxylation is 2. The molecule has 0 aromatic heterocycles. The van der Waals surface area contributed by atoms with Gasteiger partial charge in [-0.1, -0.05) is 84.8 Å². The quantitative estimate of drug-likeness (QED) is 0.532. The lowest BCUT2D eigenvalue weighted by atomic mass is 9.92. The molecule has 1 atom stereocenters. The highest BCUT2D eigenvalue weighted by molar-refractivity contribution is 6.30. The van der Waals surface area contributed by atoms with E-state index in [1.807, 2.05) is 55.5 Å². The van der Waals surface area contributed by atoms with Crippen LogP contribution < -0.4 is 0 Å². The largest absolute Gasteiger partial charge is 0.503 e. The van der Waals surface area contributed by atoms with Crippen LogP contribution in [0.25, 0.3) is 5.57 Å². The van der Waals surface area contributed by atoms with Crippen molar-refractivity contribution in [3.8, 4) is 0 Å². The normalized spacial score (nSPS) is 16.4. The smallest absolute Gasteiger partial charge is 0.290 e. The Kier molecular flexibility index (Phi) is 5.65. The first-order chi connectivity index (χ1) is 14.5. The van der Waals surface area contributed by atoms with Gasteiger partial charge in [0.1, 0.15) is 0 Å². The van der Waals surface area contributed by atoms with Crippen molar-refractivity contribution in [2.75, 3.05) is 0 Å². The summed E-state index contributed by atoms with van der Waals surface area (Å²) in [6.07, 6.45) is 0.949. The molecule has 1 aliphatic rings. The average molecular weight is 418 g/mol. The number of hydrogen-bond acceptors (Lipinski definition) is 2. The molecular weight excluding hydrogens is 394 g/mol. The van der Waals surface area contributed by atoms with E-state index in [4.69, 9.17) is 11.6 Å². The lowest BCUT2D eigenvalue weighted by Crippen LogP contribution is -2.29. The van der Waals surface area contributed by atoms with Gasteiger partial charge in [0.25, 0.3) is 5.91 Å². The minimum atomic E-state index is -0.359. The van der Waals surface area contributed by atoms with Gasteiger partial charge in [-0.3, -0.25) is 4.79 Å². The Bertz CT molecular complexity index is 1080. The Balaban J connectivity index is 1.79. The second-order valence-corrected chi connectivity index (χ2v) is 8.12. The van der Waals surface area contributed by atoms with Gasteiger partial charge in [-0.2, -0.15) is 0 Å². The highest BCUT2D eigenvalue weighted by Crippen LogP contribution is 2.43. The zero-order chi connectivity index (χ0) is 21.3. The number of nitrogens with zero attached hydrogens (tertiary/aromatic N) is 1. The van der Waals surface area contributed by atoms with Gasteiger partial charge in [0.15, 0.2) is 5.76 Å². The number of amides is 1. The molecule has 3 nitrogen and oxygen atoms in total. The Labute approximate surface area is 182 Å². The summed E-state index contributed by atoms with van der Waals surface area (Å²) in [6.45, 7) is 4.52. The predicted molar refractivity (Wildman–Crippen MR) is 121 cm³/mol. The molecule has 0 fully saturated rings.